The molecule has 1 aliphatic rings. The lowest BCUT2D eigenvalue weighted by Gasteiger charge is -2.30. The van der Waals surface area contributed by atoms with Gasteiger partial charge < -0.3 is 4.57 Å². The first kappa shape index (κ1) is 13.1. The molecule has 0 bridgehead atoms. The molecule has 0 aliphatic heterocycles. The van der Waals surface area contributed by atoms with Gasteiger partial charge >= 0.3 is 0 Å². The highest BCUT2D eigenvalue weighted by Gasteiger charge is 2.34. The molecular formula is C17H20N2O. The second-order valence-corrected chi connectivity index (χ2v) is 6.58. The summed E-state index contributed by atoms with van der Waals surface area (Å²) in [5, 5.41) is 0. The van der Waals surface area contributed by atoms with Crippen LogP contribution in [0.5, 0.6) is 0 Å². The number of hydrogen-bond acceptors (Lipinski definition) is 2. The van der Waals surface area contributed by atoms with Gasteiger partial charge in [0.15, 0.2) is 5.78 Å². The van der Waals surface area contributed by atoms with E-state index in [0.29, 0.717) is 6.42 Å². The summed E-state index contributed by atoms with van der Waals surface area (Å²) in [4.78, 5) is 16.5. The third-order valence-electron chi connectivity index (χ3n) is 4.10. The van der Waals surface area contributed by atoms with Gasteiger partial charge in [-0.15, -0.1) is 0 Å². The number of carbonyl (C=O) groups is 1. The zero-order valence-electron chi connectivity index (χ0n) is 12.5. The van der Waals surface area contributed by atoms with E-state index in [4.69, 9.17) is 0 Å². The maximum Gasteiger partial charge on any atom is 0.165 e. The Morgan fingerprint density at radius 2 is 2.00 bits per heavy atom. The monoisotopic (exact) mass is 268 g/mol. The quantitative estimate of drug-likeness (QED) is 0.791. The third kappa shape index (κ3) is 1.98. The minimum Gasteiger partial charge on any atom is -0.317 e. The van der Waals surface area contributed by atoms with Crippen molar-refractivity contribution in [1.82, 2.24) is 9.55 Å². The second kappa shape index (κ2) is 4.30. The molecule has 3 nitrogen and oxygen atoms in total. The number of hydrogen-bond donors (Lipinski definition) is 0. The van der Waals surface area contributed by atoms with Crippen molar-refractivity contribution in [3.8, 4) is 5.69 Å². The van der Waals surface area contributed by atoms with Crippen molar-refractivity contribution in [2.45, 2.75) is 40.5 Å². The van der Waals surface area contributed by atoms with Crippen LogP contribution in [-0.2, 0) is 6.42 Å². The summed E-state index contributed by atoms with van der Waals surface area (Å²) in [6, 6.07) is 4.06. The first-order chi connectivity index (χ1) is 9.39. The largest absolute Gasteiger partial charge is 0.317 e. The summed E-state index contributed by atoms with van der Waals surface area (Å²) >= 11 is 0. The van der Waals surface area contributed by atoms with Crippen LogP contribution in [0.4, 0.5) is 0 Å². The number of ketones is 1. The van der Waals surface area contributed by atoms with Crippen molar-refractivity contribution in [2.24, 2.45) is 5.41 Å². The standard InChI is InChI=1S/C17H20N2O/c1-11-10-18-6-5-14(11)19-12(2)7-13-15(19)8-17(3,4)9-16(13)20/h5-7,10H,8-9H2,1-4H3. The highest BCUT2D eigenvalue weighted by atomic mass is 16.1. The van der Waals surface area contributed by atoms with Crippen LogP contribution in [0.1, 0.15) is 47.6 Å². The van der Waals surface area contributed by atoms with Crippen LogP contribution in [0.25, 0.3) is 5.69 Å². The minimum absolute atomic E-state index is 0.0353. The molecular weight excluding hydrogens is 248 g/mol. The third-order valence-corrected chi connectivity index (χ3v) is 4.10. The predicted molar refractivity (Wildman–Crippen MR) is 79.5 cm³/mol. The van der Waals surface area contributed by atoms with Crippen molar-refractivity contribution in [1.29, 1.82) is 0 Å². The van der Waals surface area contributed by atoms with Crippen molar-refractivity contribution < 1.29 is 4.79 Å². The number of carbonyl (C=O) groups excluding carboxylic acids is 1. The Balaban J connectivity index is 2.24. The normalized spacial score (nSPS) is 17.1. The number of fused-ring (bicyclic) bond motifs is 1. The van der Waals surface area contributed by atoms with E-state index in [9.17, 15) is 4.79 Å². The highest BCUT2D eigenvalue weighted by molar-refractivity contribution is 5.99. The molecule has 3 heteroatoms. The molecule has 104 valence electrons. The van der Waals surface area contributed by atoms with E-state index in [1.54, 1.807) is 0 Å². The molecule has 0 amide bonds. The molecule has 0 saturated heterocycles. The maximum atomic E-state index is 12.4. The van der Waals surface area contributed by atoms with Gasteiger partial charge in [-0.05, 0) is 43.4 Å². The van der Waals surface area contributed by atoms with Gasteiger partial charge in [0.2, 0.25) is 0 Å². The van der Waals surface area contributed by atoms with Gasteiger partial charge in [0.1, 0.15) is 0 Å². The minimum atomic E-state index is 0.0353. The highest BCUT2D eigenvalue weighted by Crippen LogP contribution is 2.37. The van der Waals surface area contributed by atoms with Gasteiger partial charge in [0.25, 0.3) is 0 Å². The lowest BCUT2D eigenvalue weighted by Crippen LogP contribution is -2.28. The summed E-state index contributed by atoms with van der Waals surface area (Å²) in [5.74, 6) is 0.268. The Morgan fingerprint density at radius 3 is 2.70 bits per heavy atom. The summed E-state index contributed by atoms with van der Waals surface area (Å²) in [7, 11) is 0. The van der Waals surface area contributed by atoms with Gasteiger partial charge in [0.05, 0.1) is 5.69 Å². The van der Waals surface area contributed by atoms with Gasteiger partial charge in [-0.3, -0.25) is 9.78 Å². The first-order valence-corrected chi connectivity index (χ1v) is 7.04. The Labute approximate surface area is 119 Å². The summed E-state index contributed by atoms with van der Waals surface area (Å²) < 4.78 is 2.23. The van der Waals surface area contributed by atoms with Gasteiger partial charge in [-0.1, -0.05) is 13.8 Å². The summed E-state index contributed by atoms with van der Waals surface area (Å²) in [6.07, 6.45) is 5.25. The topological polar surface area (TPSA) is 34.9 Å². The molecule has 0 unspecified atom stereocenters. The second-order valence-electron chi connectivity index (χ2n) is 6.58. The van der Waals surface area contributed by atoms with E-state index in [1.807, 2.05) is 24.5 Å². The number of aromatic nitrogens is 2. The molecule has 2 aromatic heterocycles. The zero-order valence-corrected chi connectivity index (χ0v) is 12.5. The molecule has 0 radical (unpaired) electrons. The number of aryl methyl sites for hydroxylation is 2. The number of Topliss-reactive ketones (excluding diaryl/α,β-unsaturated/α-hetero) is 1. The Hall–Kier alpha value is -1.90. The first-order valence-electron chi connectivity index (χ1n) is 7.04. The molecule has 0 saturated carbocycles. The molecule has 0 aromatic carbocycles. The van der Waals surface area contributed by atoms with Crippen LogP contribution < -0.4 is 0 Å². The fraction of sp³-hybridized carbons (Fsp3) is 0.412. The van der Waals surface area contributed by atoms with Gasteiger partial charge in [-0.25, -0.2) is 0 Å². The Bertz CT molecular complexity index is 695. The van der Waals surface area contributed by atoms with Crippen LogP contribution in [-0.4, -0.2) is 15.3 Å². The van der Waals surface area contributed by atoms with Crippen LogP contribution in [0, 0.1) is 19.3 Å². The van der Waals surface area contributed by atoms with E-state index in [2.05, 4.69) is 37.2 Å². The molecule has 2 heterocycles. The maximum absolute atomic E-state index is 12.4. The van der Waals surface area contributed by atoms with E-state index >= 15 is 0 Å². The molecule has 0 fully saturated rings. The van der Waals surface area contributed by atoms with Gasteiger partial charge in [-0.2, -0.15) is 0 Å². The number of rotatable bonds is 1. The fourth-order valence-corrected chi connectivity index (χ4v) is 3.20. The predicted octanol–water partition coefficient (Wildman–Crippen LogP) is 3.64. The zero-order chi connectivity index (χ0) is 14.5. The fourth-order valence-electron chi connectivity index (χ4n) is 3.20. The Kier molecular flexibility index (Phi) is 2.82. The van der Waals surface area contributed by atoms with E-state index < -0.39 is 0 Å². The van der Waals surface area contributed by atoms with E-state index in [0.717, 1.165) is 34.6 Å². The molecule has 3 rings (SSSR count). The van der Waals surface area contributed by atoms with E-state index in [1.165, 1.54) is 0 Å². The van der Waals surface area contributed by atoms with Crippen LogP contribution in [0.15, 0.2) is 24.5 Å². The molecule has 20 heavy (non-hydrogen) atoms. The van der Waals surface area contributed by atoms with Crippen LogP contribution >= 0.6 is 0 Å². The van der Waals surface area contributed by atoms with Crippen molar-refractivity contribution >= 4 is 5.78 Å². The number of pyridine rings is 1. The molecule has 1 aliphatic carbocycles. The van der Waals surface area contributed by atoms with Gasteiger partial charge in [0, 0.05) is 35.8 Å². The lowest BCUT2D eigenvalue weighted by atomic mass is 9.76. The smallest absolute Gasteiger partial charge is 0.165 e. The summed E-state index contributed by atoms with van der Waals surface area (Å²) in [5.41, 5.74) is 5.47. The molecule has 0 spiro atoms. The molecule has 2 aromatic rings. The molecule has 0 N–H and O–H groups in total. The average Bonchev–Trinajstić information content (AvgIpc) is 2.66. The Morgan fingerprint density at radius 1 is 1.25 bits per heavy atom. The van der Waals surface area contributed by atoms with Crippen molar-refractivity contribution in [2.75, 3.05) is 0 Å². The van der Waals surface area contributed by atoms with Crippen molar-refractivity contribution in [3.05, 3.63) is 47.0 Å². The SMILES string of the molecule is Cc1cnccc1-n1c(C)cc2c1CC(C)(C)CC2=O. The molecule has 0 atom stereocenters. The lowest BCUT2D eigenvalue weighted by molar-refractivity contribution is 0.0911. The average molecular weight is 268 g/mol. The number of nitrogens with zero attached hydrogens (tertiary/aromatic N) is 2. The summed E-state index contributed by atoms with van der Waals surface area (Å²) in [6.45, 7) is 8.46. The van der Waals surface area contributed by atoms with E-state index in [-0.39, 0.29) is 11.2 Å². The van der Waals surface area contributed by atoms with Crippen molar-refractivity contribution in [3.63, 3.8) is 0 Å². The van der Waals surface area contributed by atoms with Crippen LogP contribution in [0.3, 0.4) is 0 Å². The van der Waals surface area contributed by atoms with Crippen LogP contribution in [0.2, 0.25) is 0 Å².